The van der Waals surface area contributed by atoms with Gasteiger partial charge in [-0.3, -0.25) is 4.79 Å². The van der Waals surface area contributed by atoms with Crippen LogP contribution >= 0.6 is 0 Å². The van der Waals surface area contributed by atoms with Crippen molar-refractivity contribution in [3.63, 3.8) is 0 Å². The summed E-state index contributed by atoms with van der Waals surface area (Å²) in [5.74, 6) is 1.75. The van der Waals surface area contributed by atoms with E-state index in [-0.39, 0.29) is 5.78 Å². The summed E-state index contributed by atoms with van der Waals surface area (Å²) in [6.07, 6.45) is 3.29. The molecule has 29 heavy (non-hydrogen) atoms. The second-order valence-corrected chi connectivity index (χ2v) is 6.36. The van der Waals surface area contributed by atoms with Gasteiger partial charge in [-0.15, -0.1) is 0 Å². The van der Waals surface area contributed by atoms with Crippen LogP contribution < -0.4 is 24.7 Å². The normalized spacial score (nSPS) is 11.1. The van der Waals surface area contributed by atoms with Crippen LogP contribution in [-0.2, 0) is 0 Å². The Balaban J connectivity index is 2.49. The van der Waals surface area contributed by atoms with Gasteiger partial charge in [0, 0.05) is 5.57 Å². The minimum absolute atomic E-state index is 0.128. The third kappa shape index (κ3) is 5.02. The molecule has 6 heteroatoms. The Labute approximate surface area is 172 Å². The highest BCUT2D eigenvalue weighted by molar-refractivity contribution is 6.13. The molecule has 0 saturated carbocycles. The molecule has 0 fully saturated rings. The number of rotatable bonds is 10. The lowest BCUT2D eigenvalue weighted by Crippen LogP contribution is -2.08. The molecule has 0 heterocycles. The molecule has 0 saturated heterocycles. The maximum Gasteiger partial charge on any atom is 0.204 e. The zero-order valence-electron chi connectivity index (χ0n) is 17.7. The topological polar surface area (TPSA) is 80.0 Å². The predicted octanol–water partition coefficient (Wildman–Crippen LogP) is 4.76. The third-order valence-corrected chi connectivity index (χ3v) is 4.43. The molecule has 0 aliphatic carbocycles. The molecule has 156 valence electrons. The standard InChI is InChI=1S/C23H29NO5/c1-6-8-16(13-15-9-11-19(29-7-2)18(24)14-15)21(25)17-10-12-20(26-3)23(28-5)22(17)27-4/h9-14H,6-8,24H2,1-5H3. The lowest BCUT2D eigenvalue weighted by atomic mass is 9.96. The Morgan fingerprint density at radius 1 is 0.966 bits per heavy atom. The van der Waals surface area contributed by atoms with Crippen LogP contribution in [0.5, 0.6) is 23.0 Å². The number of hydrogen-bond acceptors (Lipinski definition) is 6. The van der Waals surface area contributed by atoms with Crippen LogP contribution in [0.2, 0.25) is 0 Å². The van der Waals surface area contributed by atoms with Gasteiger partial charge in [-0.05, 0) is 49.2 Å². The van der Waals surface area contributed by atoms with Gasteiger partial charge in [0.2, 0.25) is 5.75 Å². The fourth-order valence-corrected chi connectivity index (χ4v) is 3.12. The molecule has 0 unspecified atom stereocenters. The number of carbonyl (C=O) groups excluding carboxylic acids is 1. The number of hydrogen-bond donors (Lipinski definition) is 1. The molecule has 0 amide bonds. The van der Waals surface area contributed by atoms with Gasteiger partial charge in [0.25, 0.3) is 0 Å². The van der Waals surface area contributed by atoms with Gasteiger partial charge in [0.05, 0.1) is 39.2 Å². The molecule has 0 aliphatic heterocycles. The molecule has 0 radical (unpaired) electrons. The summed E-state index contributed by atoms with van der Waals surface area (Å²) in [6, 6.07) is 8.90. The second-order valence-electron chi connectivity index (χ2n) is 6.36. The molecule has 0 spiro atoms. The second kappa shape index (κ2) is 10.4. The first-order valence-corrected chi connectivity index (χ1v) is 9.57. The van der Waals surface area contributed by atoms with Crippen molar-refractivity contribution in [3.05, 3.63) is 47.0 Å². The van der Waals surface area contributed by atoms with Crippen LogP contribution in [0.1, 0.15) is 42.6 Å². The summed E-state index contributed by atoms with van der Waals surface area (Å²) in [7, 11) is 4.56. The van der Waals surface area contributed by atoms with Crippen LogP contribution in [0.4, 0.5) is 5.69 Å². The number of nitrogens with two attached hydrogens (primary N) is 1. The van der Waals surface area contributed by atoms with Crippen molar-refractivity contribution in [2.45, 2.75) is 26.7 Å². The van der Waals surface area contributed by atoms with Gasteiger partial charge in [-0.25, -0.2) is 0 Å². The number of ether oxygens (including phenoxy) is 4. The quantitative estimate of drug-likeness (QED) is 0.352. The SMILES string of the molecule is CCCC(=Cc1ccc(OCC)c(N)c1)C(=O)c1ccc(OC)c(OC)c1OC. The summed E-state index contributed by atoms with van der Waals surface area (Å²) >= 11 is 0. The molecule has 0 aliphatic rings. The van der Waals surface area contributed by atoms with E-state index in [1.807, 2.05) is 32.1 Å². The van der Waals surface area contributed by atoms with Crippen molar-refractivity contribution in [1.82, 2.24) is 0 Å². The van der Waals surface area contributed by atoms with Gasteiger partial charge >= 0.3 is 0 Å². The number of benzene rings is 2. The Morgan fingerprint density at radius 2 is 1.66 bits per heavy atom. The minimum atomic E-state index is -0.128. The predicted molar refractivity (Wildman–Crippen MR) is 115 cm³/mol. The molecule has 0 atom stereocenters. The van der Waals surface area contributed by atoms with E-state index < -0.39 is 0 Å². The molecule has 0 aromatic heterocycles. The van der Waals surface area contributed by atoms with E-state index >= 15 is 0 Å². The zero-order valence-corrected chi connectivity index (χ0v) is 17.7. The van der Waals surface area contributed by atoms with Crippen LogP contribution in [-0.4, -0.2) is 33.7 Å². The van der Waals surface area contributed by atoms with E-state index in [0.29, 0.717) is 52.8 Å². The van der Waals surface area contributed by atoms with E-state index in [1.54, 1.807) is 18.2 Å². The molecular formula is C23H29NO5. The number of carbonyl (C=O) groups is 1. The molecule has 2 aromatic carbocycles. The van der Waals surface area contributed by atoms with Crippen molar-refractivity contribution in [3.8, 4) is 23.0 Å². The number of Topliss-reactive ketones (excluding diaryl/α,β-unsaturated/α-hetero) is 1. The van der Waals surface area contributed by atoms with E-state index in [0.717, 1.165) is 12.0 Å². The molecule has 0 bridgehead atoms. The average molecular weight is 399 g/mol. The van der Waals surface area contributed by atoms with Crippen LogP contribution in [0.3, 0.4) is 0 Å². The largest absolute Gasteiger partial charge is 0.493 e. The fourth-order valence-electron chi connectivity index (χ4n) is 3.12. The number of methoxy groups -OCH3 is 3. The smallest absolute Gasteiger partial charge is 0.204 e. The Hall–Kier alpha value is -3.15. The lowest BCUT2D eigenvalue weighted by Gasteiger charge is -2.16. The highest BCUT2D eigenvalue weighted by Gasteiger charge is 2.22. The number of nitrogen functional groups attached to an aromatic ring is 1. The zero-order chi connectivity index (χ0) is 21.4. The summed E-state index contributed by atoms with van der Waals surface area (Å²) in [6.45, 7) is 4.47. The van der Waals surface area contributed by atoms with E-state index in [4.69, 9.17) is 24.7 Å². The summed E-state index contributed by atoms with van der Waals surface area (Å²) in [4.78, 5) is 13.3. The minimum Gasteiger partial charge on any atom is -0.493 e. The van der Waals surface area contributed by atoms with Gasteiger partial charge in [0.1, 0.15) is 5.75 Å². The highest BCUT2D eigenvalue weighted by Crippen LogP contribution is 2.41. The average Bonchev–Trinajstić information content (AvgIpc) is 2.73. The number of allylic oxidation sites excluding steroid dienone is 1. The first-order chi connectivity index (χ1) is 14.0. The van der Waals surface area contributed by atoms with Gasteiger partial charge in [-0.1, -0.05) is 19.4 Å². The van der Waals surface area contributed by atoms with Crippen molar-refractivity contribution in [2.24, 2.45) is 0 Å². The van der Waals surface area contributed by atoms with E-state index in [1.165, 1.54) is 21.3 Å². The van der Waals surface area contributed by atoms with Crippen molar-refractivity contribution in [2.75, 3.05) is 33.7 Å². The molecule has 2 N–H and O–H groups in total. The third-order valence-electron chi connectivity index (χ3n) is 4.43. The first-order valence-electron chi connectivity index (χ1n) is 9.57. The Bertz CT molecular complexity index is 889. The monoisotopic (exact) mass is 399 g/mol. The number of ketones is 1. The maximum atomic E-state index is 13.3. The Kier molecular flexibility index (Phi) is 7.95. The van der Waals surface area contributed by atoms with Crippen molar-refractivity contribution < 1.29 is 23.7 Å². The molecular weight excluding hydrogens is 370 g/mol. The van der Waals surface area contributed by atoms with Gasteiger partial charge < -0.3 is 24.7 Å². The fraction of sp³-hybridized carbons (Fsp3) is 0.348. The summed E-state index contributed by atoms with van der Waals surface area (Å²) in [5.41, 5.74) is 8.51. The molecule has 2 rings (SSSR count). The molecule has 6 nitrogen and oxygen atoms in total. The van der Waals surface area contributed by atoms with E-state index in [9.17, 15) is 4.79 Å². The van der Waals surface area contributed by atoms with Crippen LogP contribution in [0.25, 0.3) is 6.08 Å². The van der Waals surface area contributed by atoms with Crippen LogP contribution in [0.15, 0.2) is 35.9 Å². The first kappa shape index (κ1) is 22.1. The van der Waals surface area contributed by atoms with E-state index in [2.05, 4.69) is 0 Å². The van der Waals surface area contributed by atoms with Gasteiger partial charge in [0.15, 0.2) is 17.3 Å². The maximum absolute atomic E-state index is 13.3. The van der Waals surface area contributed by atoms with Crippen LogP contribution in [0, 0.1) is 0 Å². The summed E-state index contributed by atoms with van der Waals surface area (Å²) < 4.78 is 21.7. The lowest BCUT2D eigenvalue weighted by molar-refractivity contribution is 0.102. The van der Waals surface area contributed by atoms with Gasteiger partial charge in [-0.2, -0.15) is 0 Å². The number of anilines is 1. The summed E-state index contributed by atoms with van der Waals surface area (Å²) in [5, 5.41) is 0. The van der Waals surface area contributed by atoms with Crippen molar-refractivity contribution in [1.29, 1.82) is 0 Å². The molecule has 2 aromatic rings. The van der Waals surface area contributed by atoms with Crippen molar-refractivity contribution >= 4 is 17.5 Å². The Morgan fingerprint density at radius 3 is 2.21 bits per heavy atom. The highest BCUT2D eigenvalue weighted by atomic mass is 16.5.